The molecule has 0 heterocycles. The van der Waals surface area contributed by atoms with Crippen molar-refractivity contribution >= 4 is 5.97 Å². The zero-order valence-electron chi connectivity index (χ0n) is 17.6. The van der Waals surface area contributed by atoms with E-state index in [2.05, 4.69) is 41.2 Å². The molecular formula is C23H38O3. The minimum absolute atomic E-state index is 0.0133. The molecule has 3 heteroatoms. The van der Waals surface area contributed by atoms with Crippen LogP contribution in [0.3, 0.4) is 0 Å². The highest BCUT2D eigenvalue weighted by Crippen LogP contribution is 2.71. The number of carbonyl (C=O) groups excluding carboxylic acids is 1. The van der Waals surface area contributed by atoms with Gasteiger partial charge in [0.25, 0.3) is 0 Å². The zero-order chi connectivity index (χ0) is 19.5. The van der Waals surface area contributed by atoms with Crippen molar-refractivity contribution in [3.8, 4) is 0 Å². The van der Waals surface area contributed by atoms with Crippen LogP contribution in [0, 0.1) is 33.5 Å². The van der Waals surface area contributed by atoms with Crippen molar-refractivity contribution in [2.75, 3.05) is 0 Å². The lowest BCUT2D eigenvalue weighted by atomic mass is 9.36. The van der Waals surface area contributed by atoms with Crippen molar-refractivity contribution in [2.24, 2.45) is 33.5 Å². The van der Waals surface area contributed by atoms with E-state index in [9.17, 15) is 9.90 Å². The number of hydrogen-bond acceptors (Lipinski definition) is 3. The maximum absolute atomic E-state index is 11.6. The molecule has 3 fully saturated rings. The molecule has 0 aromatic rings. The van der Waals surface area contributed by atoms with Crippen LogP contribution in [0.4, 0.5) is 0 Å². The number of hydrogen-bond donors (Lipinski definition) is 1. The Kier molecular flexibility index (Phi) is 4.66. The van der Waals surface area contributed by atoms with Crippen LogP contribution in [0.15, 0.2) is 12.7 Å². The molecule has 3 rings (SSSR count). The number of rotatable bonds is 2. The van der Waals surface area contributed by atoms with Crippen molar-refractivity contribution in [1.82, 2.24) is 0 Å². The van der Waals surface area contributed by atoms with Gasteiger partial charge in [0, 0.05) is 17.8 Å². The predicted molar refractivity (Wildman–Crippen MR) is 105 cm³/mol. The number of carbonyl (C=O) groups is 1. The molecule has 0 aliphatic heterocycles. The standard InChI is InChI=1S/C23H38O3/c1-8-22(6)18(25)10-9-17-21(5)13-12-19(26-15(2)24)20(3,4)16(21)11-14-23(17,22)7/h8,16-19,25H,1,9-14H2,2-7H3/t16-,17-,18-,19+,21-,22-,23-/m1/s1. The first-order chi connectivity index (χ1) is 11.9. The lowest BCUT2D eigenvalue weighted by Crippen LogP contribution is -2.65. The Morgan fingerprint density at radius 2 is 1.69 bits per heavy atom. The summed E-state index contributed by atoms with van der Waals surface area (Å²) < 4.78 is 5.75. The van der Waals surface area contributed by atoms with E-state index in [1.807, 2.05) is 6.08 Å². The molecule has 3 aliphatic rings. The molecule has 0 radical (unpaired) electrons. The van der Waals surface area contributed by atoms with Crippen LogP contribution in [0.5, 0.6) is 0 Å². The fourth-order valence-electron chi connectivity index (χ4n) is 7.61. The minimum Gasteiger partial charge on any atom is -0.462 e. The largest absolute Gasteiger partial charge is 0.462 e. The van der Waals surface area contributed by atoms with E-state index in [-0.39, 0.29) is 39.8 Å². The van der Waals surface area contributed by atoms with Crippen LogP contribution < -0.4 is 0 Å². The Labute approximate surface area is 159 Å². The second-order valence-electron chi connectivity index (χ2n) is 10.6. The SMILES string of the molecule is C=C[C@]1(C)[C@H](O)CC[C@@H]2[C@]3(C)CC[C@H](OC(C)=O)C(C)(C)[C@H]3CC[C@]21C. The highest BCUT2D eigenvalue weighted by molar-refractivity contribution is 5.66. The molecule has 0 saturated heterocycles. The summed E-state index contributed by atoms with van der Waals surface area (Å²) in [5, 5.41) is 10.8. The molecule has 3 nitrogen and oxygen atoms in total. The van der Waals surface area contributed by atoms with Gasteiger partial charge in [-0.25, -0.2) is 0 Å². The normalized spacial score (nSPS) is 50.3. The average Bonchev–Trinajstić information content (AvgIpc) is 2.54. The zero-order valence-corrected chi connectivity index (χ0v) is 17.6. The third kappa shape index (κ3) is 2.45. The van der Waals surface area contributed by atoms with Gasteiger partial charge in [0.1, 0.15) is 6.10 Å². The Morgan fingerprint density at radius 3 is 2.27 bits per heavy atom. The molecule has 3 aliphatic carbocycles. The van der Waals surface area contributed by atoms with Crippen molar-refractivity contribution in [3.05, 3.63) is 12.7 Å². The third-order valence-electron chi connectivity index (χ3n) is 9.37. The lowest BCUT2D eigenvalue weighted by Gasteiger charge is -2.69. The summed E-state index contributed by atoms with van der Waals surface area (Å²) in [4.78, 5) is 11.6. The molecule has 0 amide bonds. The van der Waals surface area contributed by atoms with Gasteiger partial charge in [-0.3, -0.25) is 4.79 Å². The minimum atomic E-state index is -0.299. The summed E-state index contributed by atoms with van der Waals surface area (Å²) in [5.41, 5.74) is 0.0427. The Morgan fingerprint density at radius 1 is 1.04 bits per heavy atom. The topological polar surface area (TPSA) is 46.5 Å². The molecule has 3 saturated carbocycles. The van der Waals surface area contributed by atoms with E-state index < -0.39 is 0 Å². The van der Waals surface area contributed by atoms with E-state index in [1.54, 1.807) is 0 Å². The molecule has 7 atom stereocenters. The monoisotopic (exact) mass is 362 g/mol. The number of aliphatic hydroxyl groups excluding tert-OH is 1. The molecule has 0 spiro atoms. The van der Waals surface area contributed by atoms with Crippen molar-refractivity contribution in [3.63, 3.8) is 0 Å². The lowest BCUT2D eigenvalue weighted by molar-refractivity contribution is -0.227. The Balaban J connectivity index is 1.99. The fraction of sp³-hybridized carbons (Fsp3) is 0.870. The summed E-state index contributed by atoms with van der Waals surface area (Å²) in [6, 6.07) is 0. The van der Waals surface area contributed by atoms with Gasteiger partial charge in [-0.05, 0) is 61.2 Å². The van der Waals surface area contributed by atoms with Crippen LogP contribution in [-0.2, 0) is 9.53 Å². The van der Waals surface area contributed by atoms with Gasteiger partial charge in [0.05, 0.1) is 6.10 Å². The predicted octanol–water partition coefficient (Wildman–Crippen LogP) is 5.12. The summed E-state index contributed by atoms with van der Waals surface area (Å²) in [5.74, 6) is 0.945. The fourth-order valence-corrected chi connectivity index (χ4v) is 7.61. The van der Waals surface area contributed by atoms with Gasteiger partial charge in [0.2, 0.25) is 0 Å². The Bertz CT molecular complexity index is 596. The van der Waals surface area contributed by atoms with E-state index in [1.165, 1.54) is 6.92 Å². The number of ether oxygens (including phenoxy) is 1. The molecule has 1 N–H and O–H groups in total. The summed E-state index contributed by atoms with van der Waals surface area (Å²) >= 11 is 0. The van der Waals surface area contributed by atoms with E-state index in [0.29, 0.717) is 11.8 Å². The van der Waals surface area contributed by atoms with Gasteiger partial charge in [-0.15, -0.1) is 6.58 Å². The summed E-state index contributed by atoms with van der Waals surface area (Å²) in [6.07, 6.45) is 7.97. The van der Waals surface area contributed by atoms with Crippen LogP contribution in [0.25, 0.3) is 0 Å². The van der Waals surface area contributed by atoms with E-state index in [4.69, 9.17) is 4.74 Å². The van der Waals surface area contributed by atoms with Crippen LogP contribution >= 0.6 is 0 Å². The van der Waals surface area contributed by atoms with Gasteiger partial charge in [-0.2, -0.15) is 0 Å². The molecule has 26 heavy (non-hydrogen) atoms. The van der Waals surface area contributed by atoms with Crippen molar-refractivity contribution < 1.29 is 14.6 Å². The van der Waals surface area contributed by atoms with Crippen LogP contribution in [0.1, 0.15) is 80.1 Å². The number of esters is 1. The van der Waals surface area contributed by atoms with Gasteiger partial charge in [-0.1, -0.05) is 40.7 Å². The second kappa shape index (κ2) is 6.09. The van der Waals surface area contributed by atoms with Crippen molar-refractivity contribution in [2.45, 2.75) is 92.3 Å². The molecule has 0 unspecified atom stereocenters. The molecule has 0 aromatic carbocycles. The Hall–Kier alpha value is -0.830. The first-order valence-corrected chi connectivity index (χ1v) is 10.4. The van der Waals surface area contributed by atoms with Crippen LogP contribution in [-0.4, -0.2) is 23.3 Å². The summed E-state index contributed by atoms with van der Waals surface area (Å²) in [7, 11) is 0. The highest BCUT2D eigenvalue weighted by atomic mass is 16.5. The second-order valence-corrected chi connectivity index (χ2v) is 10.6. The van der Waals surface area contributed by atoms with Crippen LogP contribution in [0.2, 0.25) is 0 Å². The molecule has 0 aromatic heterocycles. The average molecular weight is 363 g/mol. The van der Waals surface area contributed by atoms with Crippen molar-refractivity contribution in [1.29, 1.82) is 0 Å². The highest BCUT2D eigenvalue weighted by Gasteiger charge is 2.66. The van der Waals surface area contributed by atoms with Gasteiger partial charge < -0.3 is 9.84 Å². The third-order valence-corrected chi connectivity index (χ3v) is 9.37. The van der Waals surface area contributed by atoms with Gasteiger partial charge >= 0.3 is 5.97 Å². The smallest absolute Gasteiger partial charge is 0.302 e. The van der Waals surface area contributed by atoms with E-state index >= 15 is 0 Å². The maximum Gasteiger partial charge on any atom is 0.302 e. The molecule has 148 valence electrons. The maximum atomic E-state index is 11.6. The number of fused-ring (bicyclic) bond motifs is 3. The molecular weight excluding hydrogens is 324 g/mol. The van der Waals surface area contributed by atoms with E-state index in [0.717, 1.165) is 38.5 Å². The quantitative estimate of drug-likeness (QED) is 0.547. The number of aliphatic hydroxyl groups is 1. The molecule has 0 bridgehead atoms. The first-order valence-electron chi connectivity index (χ1n) is 10.4. The first kappa shape index (κ1) is 19.9. The summed E-state index contributed by atoms with van der Waals surface area (Å²) in [6.45, 7) is 17.4. The van der Waals surface area contributed by atoms with Gasteiger partial charge in [0.15, 0.2) is 0 Å².